The van der Waals surface area contributed by atoms with E-state index in [1.54, 1.807) is 6.33 Å². The number of benzene rings is 1. The lowest BCUT2D eigenvalue weighted by Gasteiger charge is -2.32. The van der Waals surface area contributed by atoms with E-state index in [0.29, 0.717) is 0 Å². The lowest BCUT2D eigenvalue weighted by Crippen LogP contribution is -2.41. The molecule has 0 amide bonds. The monoisotopic (exact) mass is 285 g/mol. The molecular formula is C15H20BN3O2. The van der Waals surface area contributed by atoms with E-state index in [1.807, 2.05) is 35.9 Å². The van der Waals surface area contributed by atoms with Crippen molar-refractivity contribution in [3.63, 3.8) is 0 Å². The third-order valence-electron chi connectivity index (χ3n) is 4.41. The smallest absolute Gasteiger partial charge is 0.399 e. The van der Waals surface area contributed by atoms with Crippen LogP contribution in [0.4, 0.5) is 0 Å². The van der Waals surface area contributed by atoms with Crippen molar-refractivity contribution in [2.24, 2.45) is 7.05 Å². The Morgan fingerprint density at radius 2 is 1.57 bits per heavy atom. The molecular weight excluding hydrogens is 265 g/mol. The van der Waals surface area contributed by atoms with Gasteiger partial charge in [-0.15, -0.1) is 10.2 Å². The molecule has 6 heteroatoms. The largest absolute Gasteiger partial charge is 0.494 e. The fourth-order valence-electron chi connectivity index (χ4n) is 2.31. The van der Waals surface area contributed by atoms with E-state index in [9.17, 15) is 0 Å². The van der Waals surface area contributed by atoms with E-state index in [-0.39, 0.29) is 18.3 Å². The predicted octanol–water partition coefficient (Wildman–Crippen LogP) is 1.78. The number of nitrogens with zero attached hydrogens (tertiary/aromatic N) is 3. The van der Waals surface area contributed by atoms with Gasteiger partial charge in [0.05, 0.1) is 11.2 Å². The summed E-state index contributed by atoms with van der Waals surface area (Å²) in [6, 6.07) is 8.08. The maximum Gasteiger partial charge on any atom is 0.494 e. The van der Waals surface area contributed by atoms with Gasteiger partial charge in [0.1, 0.15) is 6.33 Å². The number of rotatable bonds is 2. The normalized spacial score (nSPS) is 20.0. The highest BCUT2D eigenvalue weighted by Gasteiger charge is 2.51. The maximum atomic E-state index is 6.05. The molecule has 0 unspecified atom stereocenters. The molecule has 0 spiro atoms. The van der Waals surface area contributed by atoms with E-state index in [2.05, 4.69) is 37.9 Å². The summed E-state index contributed by atoms with van der Waals surface area (Å²) in [6.07, 6.45) is 1.69. The zero-order chi connectivity index (χ0) is 15.3. The van der Waals surface area contributed by atoms with E-state index < -0.39 is 0 Å². The highest BCUT2D eigenvalue weighted by Crippen LogP contribution is 2.36. The molecule has 2 aromatic rings. The Kier molecular flexibility index (Phi) is 3.18. The third kappa shape index (κ3) is 2.38. The number of hydrogen-bond donors (Lipinski definition) is 0. The van der Waals surface area contributed by atoms with Gasteiger partial charge in [0.2, 0.25) is 0 Å². The van der Waals surface area contributed by atoms with Crippen LogP contribution in [0, 0.1) is 0 Å². The van der Waals surface area contributed by atoms with Crippen LogP contribution >= 0.6 is 0 Å². The third-order valence-corrected chi connectivity index (χ3v) is 4.41. The van der Waals surface area contributed by atoms with Crippen molar-refractivity contribution < 1.29 is 9.31 Å². The lowest BCUT2D eigenvalue weighted by molar-refractivity contribution is 0.00578. The van der Waals surface area contributed by atoms with Crippen LogP contribution in [0.25, 0.3) is 11.4 Å². The summed E-state index contributed by atoms with van der Waals surface area (Å²) in [5.41, 5.74) is 1.40. The Balaban J connectivity index is 1.85. The highest BCUT2D eigenvalue weighted by molar-refractivity contribution is 6.62. The first-order chi connectivity index (χ1) is 9.80. The van der Waals surface area contributed by atoms with Gasteiger partial charge < -0.3 is 13.9 Å². The first kappa shape index (κ1) is 14.3. The fraction of sp³-hybridized carbons (Fsp3) is 0.467. The van der Waals surface area contributed by atoms with Gasteiger partial charge in [-0.25, -0.2) is 0 Å². The van der Waals surface area contributed by atoms with E-state index >= 15 is 0 Å². The molecule has 1 aliphatic heterocycles. The summed E-state index contributed by atoms with van der Waals surface area (Å²) >= 11 is 0. The average Bonchev–Trinajstić information content (AvgIpc) is 2.92. The molecule has 110 valence electrons. The Morgan fingerprint density at radius 3 is 2.05 bits per heavy atom. The van der Waals surface area contributed by atoms with Gasteiger partial charge in [-0.1, -0.05) is 24.3 Å². The van der Waals surface area contributed by atoms with Gasteiger partial charge in [0, 0.05) is 12.6 Å². The first-order valence-electron chi connectivity index (χ1n) is 7.10. The zero-order valence-corrected chi connectivity index (χ0v) is 13.1. The SMILES string of the molecule is Cn1cnnc1-c1ccc(B2OC(C)(C)C(C)(C)O2)cc1. The molecule has 0 saturated carbocycles. The minimum Gasteiger partial charge on any atom is -0.399 e. The molecule has 0 aliphatic carbocycles. The molecule has 2 heterocycles. The van der Waals surface area contributed by atoms with Gasteiger partial charge in [-0.05, 0) is 33.2 Å². The van der Waals surface area contributed by atoms with E-state index in [4.69, 9.17) is 9.31 Å². The Bertz CT molecular complexity index is 633. The van der Waals surface area contributed by atoms with Crippen molar-refractivity contribution >= 4 is 12.6 Å². The van der Waals surface area contributed by atoms with Crippen molar-refractivity contribution in [2.75, 3.05) is 0 Å². The van der Waals surface area contributed by atoms with Crippen LogP contribution in [0.15, 0.2) is 30.6 Å². The van der Waals surface area contributed by atoms with Crippen molar-refractivity contribution in [3.05, 3.63) is 30.6 Å². The molecule has 1 aliphatic rings. The minimum absolute atomic E-state index is 0.320. The van der Waals surface area contributed by atoms with Crippen molar-refractivity contribution in [1.29, 1.82) is 0 Å². The fourth-order valence-corrected chi connectivity index (χ4v) is 2.31. The lowest BCUT2D eigenvalue weighted by atomic mass is 9.79. The Morgan fingerprint density at radius 1 is 1.00 bits per heavy atom. The molecule has 1 saturated heterocycles. The van der Waals surface area contributed by atoms with E-state index in [1.165, 1.54) is 0 Å². The van der Waals surface area contributed by atoms with Crippen molar-refractivity contribution in [3.8, 4) is 11.4 Å². The number of hydrogen-bond acceptors (Lipinski definition) is 4. The van der Waals surface area contributed by atoms with Crippen molar-refractivity contribution in [1.82, 2.24) is 14.8 Å². The second-order valence-electron chi connectivity index (χ2n) is 6.48. The molecule has 0 N–H and O–H groups in total. The molecule has 21 heavy (non-hydrogen) atoms. The van der Waals surface area contributed by atoms with Crippen LogP contribution in [0.2, 0.25) is 0 Å². The number of aryl methyl sites for hydroxylation is 1. The summed E-state index contributed by atoms with van der Waals surface area (Å²) in [6.45, 7) is 8.23. The molecule has 5 nitrogen and oxygen atoms in total. The quantitative estimate of drug-likeness (QED) is 0.789. The summed E-state index contributed by atoms with van der Waals surface area (Å²) in [7, 11) is 1.60. The molecule has 1 fully saturated rings. The topological polar surface area (TPSA) is 49.2 Å². The summed E-state index contributed by atoms with van der Waals surface area (Å²) in [4.78, 5) is 0. The molecule has 1 aromatic heterocycles. The minimum atomic E-state index is -0.330. The van der Waals surface area contributed by atoms with Crippen LogP contribution in [-0.2, 0) is 16.4 Å². The molecule has 0 bridgehead atoms. The molecule has 3 rings (SSSR count). The summed E-state index contributed by atoms with van der Waals surface area (Å²) in [5.74, 6) is 0.843. The van der Waals surface area contributed by atoms with Gasteiger partial charge in [0.25, 0.3) is 0 Å². The molecule has 1 aromatic carbocycles. The second-order valence-corrected chi connectivity index (χ2v) is 6.48. The van der Waals surface area contributed by atoms with Crippen LogP contribution in [-0.4, -0.2) is 33.1 Å². The second kappa shape index (κ2) is 4.68. The summed E-state index contributed by atoms with van der Waals surface area (Å²) < 4.78 is 14.0. The highest BCUT2D eigenvalue weighted by atomic mass is 16.7. The van der Waals surface area contributed by atoms with Crippen LogP contribution < -0.4 is 5.46 Å². The Labute approximate surface area is 125 Å². The predicted molar refractivity (Wildman–Crippen MR) is 82.2 cm³/mol. The Hall–Kier alpha value is -1.66. The van der Waals surface area contributed by atoms with Gasteiger partial charge in [-0.3, -0.25) is 0 Å². The van der Waals surface area contributed by atoms with Gasteiger partial charge >= 0.3 is 7.12 Å². The van der Waals surface area contributed by atoms with Crippen LogP contribution in [0.5, 0.6) is 0 Å². The standard InChI is InChI=1S/C15H20BN3O2/c1-14(2)15(3,4)21-16(20-14)12-8-6-11(7-9-12)13-18-17-10-19(13)5/h6-10H,1-5H3. The maximum absolute atomic E-state index is 6.05. The van der Waals surface area contributed by atoms with Crippen LogP contribution in [0.1, 0.15) is 27.7 Å². The average molecular weight is 285 g/mol. The number of aromatic nitrogens is 3. The first-order valence-corrected chi connectivity index (χ1v) is 7.10. The van der Waals surface area contributed by atoms with E-state index in [0.717, 1.165) is 16.9 Å². The molecule has 0 radical (unpaired) electrons. The summed E-state index contributed by atoms with van der Waals surface area (Å²) in [5, 5.41) is 8.01. The molecule has 0 atom stereocenters. The van der Waals surface area contributed by atoms with Crippen molar-refractivity contribution in [2.45, 2.75) is 38.9 Å². The zero-order valence-electron chi connectivity index (χ0n) is 13.1. The van der Waals surface area contributed by atoms with Gasteiger partial charge in [-0.2, -0.15) is 0 Å². The van der Waals surface area contributed by atoms with Crippen LogP contribution in [0.3, 0.4) is 0 Å². The van der Waals surface area contributed by atoms with Gasteiger partial charge in [0.15, 0.2) is 5.82 Å².